The molecule has 6 nitrogen and oxygen atoms in total. The first-order valence-electron chi connectivity index (χ1n) is 8.62. The summed E-state index contributed by atoms with van der Waals surface area (Å²) in [7, 11) is 1.58. The lowest BCUT2D eigenvalue weighted by molar-refractivity contribution is -0.154. The van der Waals surface area contributed by atoms with Crippen LogP contribution in [0.5, 0.6) is 5.88 Å². The summed E-state index contributed by atoms with van der Waals surface area (Å²) < 4.78 is 49.3. The van der Waals surface area contributed by atoms with E-state index in [4.69, 9.17) is 9.47 Å². The molecule has 2 fully saturated rings. The highest BCUT2D eigenvalue weighted by Gasteiger charge is 2.33. The van der Waals surface area contributed by atoms with E-state index in [0.717, 1.165) is 19.7 Å². The molecule has 1 saturated heterocycles. The predicted octanol–water partition coefficient (Wildman–Crippen LogP) is 1.62. The quantitative estimate of drug-likeness (QED) is 0.799. The molecule has 0 radical (unpaired) electrons. The smallest absolute Gasteiger partial charge is 0.422 e. The van der Waals surface area contributed by atoms with Gasteiger partial charge in [0.25, 0.3) is 0 Å². The van der Waals surface area contributed by atoms with Gasteiger partial charge in [-0.3, -0.25) is 4.90 Å². The molecule has 2 heterocycles. The first-order chi connectivity index (χ1) is 11.8. The van der Waals surface area contributed by atoms with Crippen LogP contribution in [0.4, 0.5) is 13.2 Å². The van der Waals surface area contributed by atoms with Crippen LogP contribution in [0.25, 0.3) is 0 Å². The zero-order valence-corrected chi connectivity index (χ0v) is 14.6. The molecule has 3 rings (SSSR count). The summed E-state index contributed by atoms with van der Waals surface area (Å²) in [6.45, 7) is 4.12. The van der Waals surface area contributed by atoms with Crippen molar-refractivity contribution in [2.75, 3.05) is 32.8 Å². The second-order valence-corrected chi connectivity index (χ2v) is 6.75. The van der Waals surface area contributed by atoms with Gasteiger partial charge in [-0.25, -0.2) is 4.68 Å². The van der Waals surface area contributed by atoms with Crippen LogP contribution in [0, 0.1) is 6.92 Å². The van der Waals surface area contributed by atoms with Crippen LogP contribution in [-0.2, 0) is 18.3 Å². The fraction of sp³-hybridized carbons (Fsp3) is 0.812. The standard InChI is InChI=1S/C16H25F3N4O2/c1-11-14(15(22(2)21-11)25-10-16(17,18)19)8-20-7-13-9-23(5-6-24-13)12-3-4-12/h12-13,20H,3-10H2,1-2H3. The molecule has 0 bridgehead atoms. The molecule has 142 valence electrons. The van der Waals surface area contributed by atoms with Gasteiger partial charge in [0.15, 0.2) is 6.61 Å². The fourth-order valence-corrected chi connectivity index (χ4v) is 3.21. The summed E-state index contributed by atoms with van der Waals surface area (Å²) in [5.41, 5.74) is 1.32. The Labute approximate surface area is 145 Å². The molecule has 1 aliphatic carbocycles. The zero-order chi connectivity index (χ0) is 18.0. The van der Waals surface area contributed by atoms with E-state index in [1.807, 2.05) is 0 Å². The molecule has 1 aromatic heterocycles. The van der Waals surface area contributed by atoms with Gasteiger partial charge in [0.1, 0.15) is 0 Å². The van der Waals surface area contributed by atoms with Crippen molar-refractivity contribution in [1.82, 2.24) is 20.0 Å². The van der Waals surface area contributed by atoms with Gasteiger partial charge in [0.2, 0.25) is 5.88 Å². The van der Waals surface area contributed by atoms with E-state index in [1.54, 1.807) is 14.0 Å². The van der Waals surface area contributed by atoms with E-state index < -0.39 is 12.8 Å². The van der Waals surface area contributed by atoms with Crippen LogP contribution in [0.3, 0.4) is 0 Å². The number of nitrogens with zero attached hydrogens (tertiary/aromatic N) is 3. The molecular formula is C16H25F3N4O2. The van der Waals surface area contributed by atoms with E-state index in [2.05, 4.69) is 15.3 Å². The molecule has 1 N–H and O–H groups in total. The van der Waals surface area contributed by atoms with Crippen LogP contribution in [-0.4, -0.2) is 65.9 Å². The Balaban J connectivity index is 1.52. The number of alkyl halides is 3. The highest BCUT2D eigenvalue weighted by Crippen LogP contribution is 2.28. The molecule has 0 spiro atoms. The number of hydrogen-bond donors (Lipinski definition) is 1. The molecule has 1 atom stereocenters. The Hall–Kier alpha value is -1.32. The molecule has 1 aliphatic heterocycles. The average molecular weight is 362 g/mol. The Kier molecular flexibility index (Phi) is 5.55. The zero-order valence-electron chi connectivity index (χ0n) is 14.6. The van der Waals surface area contributed by atoms with Crippen LogP contribution in [0.15, 0.2) is 0 Å². The summed E-state index contributed by atoms with van der Waals surface area (Å²) in [4.78, 5) is 2.46. The fourth-order valence-electron chi connectivity index (χ4n) is 3.21. The number of morpholine rings is 1. The van der Waals surface area contributed by atoms with Gasteiger partial charge >= 0.3 is 6.18 Å². The molecule has 1 aromatic rings. The van der Waals surface area contributed by atoms with Gasteiger partial charge < -0.3 is 14.8 Å². The minimum Gasteiger partial charge on any atom is -0.468 e. The van der Waals surface area contributed by atoms with E-state index in [0.29, 0.717) is 30.4 Å². The van der Waals surface area contributed by atoms with Gasteiger partial charge in [-0.1, -0.05) is 0 Å². The summed E-state index contributed by atoms with van der Waals surface area (Å²) in [5.74, 6) is 0.159. The summed E-state index contributed by atoms with van der Waals surface area (Å²) >= 11 is 0. The van der Waals surface area contributed by atoms with Gasteiger partial charge in [-0.05, 0) is 19.8 Å². The largest absolute Gasteiger partial charge is 0.468 e. The molecule has 2 aliphatic rings. The lowest BCUT2D eigenvalue weighted by Crippen LogP contribution is -2.47. The Bertz CT molecular complexity index is 587. The number of halogens is 3. The minimum atomic E-state index is -4.37. The van der Waals surface area contributed by atoms with Crippen molar-refractivity contribution in [3.63, 3.8) is 0 Å². The average Bonchev–Trinajstić information content (AvgIpc) is 3.33. The molecule has 0 aromatic carbocycles. The van der Waals surface area contributed by atoms with Gasteiger partial charge in [0, 0.05) is 39.3 Å². The Morgan fingerprint density at radius 3 is 2.80 bits per heavy atom. The topological polar surface area (TPSA) is 51.5 Å². The summed E-state index contributed by atoms with van der Waals surface area (Å²) in [6.07, 6.45) is -1.72. The molecule has 0 amide bonds. The second-order valence-electron chi connectivity index (χ2n) is 6.75. The van der Waals surface area contributed by atoms with Crippen molar-refractivity contribution in [3.8, 4) is 5.88 Å². The third kappa shape index (κ3) is 5.08. The lowest BCUT2D eigenvalue weighted by atomic mass is 10.2. The maximum Gasteiger partial charge on any atom is 0.422 e. The van der Waals surface area contributed by atoms with E-state index in [1.165, 1.54) is 17.5 Å². The van der Waals surface area contributed by atoms with Crippen molar-refractivity contribution < 1.29 is 22.6 Å². The second kappa shape index (κ2) is 7.51. The Morgan fingerprint density at radius 1 is 1.36 bits per heavy atom. The highest BCUT2D eigenvalue weighted by atomic mass is 19.4. The lowest BCUT2D eigenvalue weighted by Gasteiger charge is -2.33. The van der Waals surface area contributed by atoms with E-state index in [9.17, 15) is 13.2 Å². The maximum atomic E-state index is 12.4. The highest BCUT2D eigenvalue weighted by molar-refractivity contribution is 5.30. The number of aryl methyl sites for hydroxylation is 2. The van der Waals surface area contributed by atoms with Gasteiger partial charge in [-0.15, -0.1) is 0 Å². The number of rotatable bonds is 7. The number of aromatic nitrogens is 2. The maximum absolute atomic E-state index is 12.4. The van der Waals surface area contributed by atoms with Gasteiger partial charge in [-0.2, -0.15) is 18.3 Å². The minimum absolute atomic E-state index is 0.103. The molecule has 1 unspecified atom stereocenters. The first kappa shape index (κ1) is 18.5. The first-order valence-corrected chi connectivity index (χ1v) is 8.62. The van der Waals surface area contributed by atoms with Gasteiger partial charge in [0.05, 0.1) is 24.0 Å². The number of ether oxygens (including phenoxy) is 2. The van der Waals surface area contributed by atoms with Crippen molar-refractivity contribution in [2.24, 2.45) is 7.05 Å². The molecular weight excluding hydrogens is 337 g/mol. The summed E-state index contributed by atoms with van der Waals surface area (Å²) in [6, 6.07) is 0.717. The van der Waals surface area contributed by atoms with Crippen molar-refractivity contribution in [1.29, 1.82) is 0 Å². The molecule has 25 heavy (non-hydrogen) atoms. The normalized spacial score (nSPS) is 22.4. The van der Waals surface area contributed by atoms with E-state index >= 15 is 0 Å². The molecule has 1 saturated carbocycles. The van der Waals surface area contributed by atoms with E-state index in [-0.39, 0.29) is 12.0 Å². The Morgan fingerprint density at radius 2 is 2.12 bits per heavy atom. The monoisotopic (exact) mass is 362 g/mol. The van der Waals surface area contributed by atoms with Crippen LogP contribution >= 0.6 is 0 Å². The predicted molar refractivity (Wildman–Crippen MR) is 85.5 cm³/mol. The van der Waals surface area contributed by atoms with Crippen molar-refractivity contribution >= 4 is 0 Å². The van der Waals surface area contributed by atoms with Crippen LogP contribution < -0.4 is 10.1 Å². The van der Waals surface area contributed by atoms with Crippen LogP contribution in [0.2, 0.25) is 0 Å². The third-order valence-electron chi connectivity index (χ3n) is 4.57. The summed E-state index contributed by atoms with van der Waals surface area (Å²) in [5, 5.41) is 7.44. The van der Waals surface area contributed by atoms with Crippen molar-refractivity contribution in [3.05, 3.63) is 11.3 Å². The number of hydrogen-bond acceptors (Lipinski definition) is 5. The molecule has 9 heteroatoms. The van der Waals surface area contributed by atoms with Crippen LogP contribution in [0.1, 0.15) is 24.1 Å². The van der Waals surface area contributed by atoms with Crippen molar-refractivity contribution in [2.45, 2.75) is 44.6 Å². The SMILES string of the molecule is Cc1nn(C)c(OCC(F)(F)F)c1CNCC1CN(C2CC2)CCO1. The number of nitrogens with one attached hydrogen (secondary N) is 1. The third-order valence-corrected chi connectivity index (χ3v) is 4.57.